The molecule has 0 unspecified atom stereocenters. The minimum absolute atomic E-state index is 0.184. The highest BCUT2D eigenvalue weighted by Crippen LogP contribution is 2.15. The van der Waals surface area contributed by atoms with Crippen LogP contribution in [-0.2, 0) is 0 Å². The predicted molar refractivity (Wildman–Crippen MR) is 79.7 cm³/mol. The van der Waals surface area contributed by atoms with Gasteiger partial charge in [0.05, 0.1) is 6.04 Å². The number of carbonyl (C=O) groups excluding carboxylic acids is 1. The lowest BCUT2D eigenvalue weighted by atomic mass is 10.2. The van der Waals surface area contributed by atoms with Gasteiger partial charge in [0.2, 0.25) is 0 Å². The van der Waals surface area contributed by atoms with Crippen molar-refractivity contribution in [3.63, 3.8) is 0 Å². The Bertz CT molecular complexity index is 756. The molecular formula is C15H14N6O. The Kier molecular flexibility index (Phi) is 3.86. The second-order valence-electron chi connectivity index (χ2n) is 4.71. The van der Waals surface area contributed by atoms with Gasteiger partial charge in [-0.25, -0.2) is 4.98 Å². The standard InChI is InChI=1S/C15H14N6O/c1-10(18-15(22)12-4-8-17-9-5-12)13-19-14(21-20-13)11-2-6-16-7-3-11/h2-10H,1H3,(H,18,22)(H,19,20,21)/t10-/m1/s1. The monoisotopic (exact) mass is 294 g/mol. The molecule has 1 atom stereocenters. The summed E-state index contributed by atoms with van der Waals surface area (Å²) in [6, 6.07) is 6.68. The first-order valence-corrected chi connectivity index (χ1v) is 6.77. The van der Waals surface area contributed by atoms with E-state index in [1.54, 1.807) is 36.9 Å². The topological polar surface area (TPSA) is 96.5 Å². The fraction of sp³-hybridized carbons (Fsp3) is 0.133. The molecule has 0 aliphatic heterocycles. The largest absolute Gasteiger partial charge is 0.342 e. The van der Waals surface area contributed by atoms with Crippen molar-refractivity contribution in [3.05, 3.63) is 60.4 Å². The Morgan fingerprint density at radius 3 is 2.41 bits per heavy atom. The Morgan fingerprint density at radius 1 is 1.09 bits per heavy atom. The normalized spacial score (nSPS) is 11.9. The molecule has 0 aliphatic rings. The quantitative estimate of drug-likeness (QED) is 0.764. The number of amides is 1. The van der Waals surface area contributed by atoms with Gasteiger partial charge in [-0.15, -0.1) is 0 Å². The summed E-state index contributed by atoms with van der Waals surface area (Å²) in [7, 11) is 0. The number of hydrogen-bond acceptors (Lipinski definition) is 5. The molecule has 0 spiro atoms. The maximum Gasteiger partial charge on any atom is 0.251 e. The summed E-state index contributed by atoms with van der Waals surface area (Å²) in [5, 5.41) is 9.88. The van der Waals surface area contributed by atoms with Gasteiger partial charge in [-0.1, -0.05) is 0 Å². The number of H-pyrrole nitrogens is 1. The molecule has 3 heterocycles. The summed E-state index contributed by atoms with van der Waals surface area (Å²) in [5.74, 6) is 0.980. The van der Waals surface area contributed by atoms with Crippen LogP contribution in [0.2, 0.25) is 0 Å². The third kappa shape index (κ3) is 2.98. The summed E-state index contributed by atoms with van der Waals surface area (Å²) < 4.78 is 0. The zero-order chi connectivity index (χ0) is 15.4. The van der Waals surface area contributed by atoms with Crippen molar-refractivity contribution in [2.75, 3.05) is 0 Å². The average Bonchev–Trinajstić information content (AvgIpc) is 3.06. The van der Waals surface area contributed by atoms with Crippen molar-refractivity contribution >= 4 is 5.91 Å². The molecule has 7 heteroatoms. The third-order valence-electron chi connectivity index (χ3n) is 3.14. The van der Waals surface area contributed by atoms with E-state index in [0.717, 1.165) is 5.56 Å². The SMILES string of the molecule is C[C@@H](NC(=O)c1ccncc1)c1nc(-c2ccncc2)n[nH]1. The van der Waals surface area contributed by atoms with Crippen LogP contribution in [0.1, 0.15) is 29.1 Å². The highest BCUT2D eigenvalue weighted by atomic mass is 16.1. The number of pyridine rings is 2. The number of aromatic amines is 1. The van der Waals surface area contributed by atoms with Gasteiger partial charge in [-0.3, -0.25) is 19.9 Å². The molecule has 1 amide bonds. The first-order valence-electron chi connectivity index (χ1n) is 6.77. The minimum atomic E-state index is -0.288. The van der Waals surface area contributed by atoms with Crippen LogP contribution < -0.4 is 5.32 Å². The van der Waals surface area contributed by atoms with Gasteiger partial charge in [0.25, 0.3) is 5.91 Å². The second-order valence-corrected chi connectivity index (χ2v) is 4.71. The second kappa shape index (κ2) is 6.13. The molecule has 3 aromatic rings. The number of nitrogens with one attached hydrogen (secondary N) is 2. The molecule has 110 valence electrons. The molecule has 0 fully saturated rings. The zero-order valence-electron chi connectivity index (χ0n) is 11.9. The van der Waals surface area contributed by atoms with Crippen molar-refractivity contribution in [3.8, 4) is 11.4 Å². The van der Waals surface area contributed by atoms with E-state index in [0.29, 0.717) is 17.2 Å². The molecule has 22 heavy (non-hydrogen) atoms. The number of rotatable bonds is 4. The van der Waals surface area contributed by atoms with Crippen LogP contribution >= 0.6 is 0 Å². The lowest BCUT2D eigenvalue weighted by Gasteiger charge is -2.10. The van der Waals surface area contributed by atoms with Crippen LogP contribution in [-0.4, -0.2) is 31.1 Å². The van der Waals surface area contributed by atoms with Crippen molar-refractivity contribution in [2.45, 2.75) is 13.0 Å². The van der Waals surface area contributed by atoms with Crippen LogP contribution in [0.4, 0.5) is 0 Å². The fourth-order valence-electron chi connectivity index (χ4n) is 1.95. The fourth-order valence-corrected chi connectivity index (χ4v) is 1.95. The summed E-state index contributed by atoms with van der Waals surface area (Å²) >= 11 is 0. The molecule has 0 aromatic carbocycles. The molecule has 0 aliphatic carbocycles. The van der Waals surface area contributed by atoms with Gasteiger partial charge in [0, 0.05) is 35.9 Å². The average molecular weight is 294 g/mol. The lowest BCUT2D eigenvalue weighted by molar-refractivity contribution is 0.0938. The molecule has 3 rings (SSSR count). The summed E-state index contributed by atoms with van der Waals surface area (Å²) in [5.41, 5.74) is 1.42. The number of hydrogen-bond donors (Lipinski definition) is 2. The molecule has 0 saturated heterocycles. The van der Waals surface area contributed by atoms with E-state index >= 15 is 0 Å². The number of nitrogens with zero attached hydrogens (tertiary/aromatic N) is 4. The highest BCUT2D eigenvalue weighted by Gasteiger charge is 2.15. The van der Waals surface area contributed by atoms with Gasteiger partial charge in [0.1, 0.15) is 5.82 Å². The maximum atomic E-state index is 12.1. The first kappa shape index (κ1) is 13.9. The smallest absolute Gasteiger partial charge is 0.251 e. The van der Waals surface area contributed by atoms with E-state index in [1.807, 2.05) is 19.1 Å². The zero-order valence-corrected chi connectivity index (χ0v) is 11.9. The van der Waals surface area contributed by atoms with Gasteiger partial charge >= 0.3 is 0 Å². The van der Waals surface area contributed by atoms with Gasteiger partial charge in [0.15, 0.2) is 5.82 Å². The van der Waals surface area contributed by atoms with Crippen LogP contribution in [0.3, 0.4) is 0 Å². The number of aromatic nitrogens is 5. The first-order chi connectivity index (χ1) is 10.7. The van der Waals surface area contributed by atoms with Crippen LogP contribution in [0.25, 0.3) is 11.4 Å². The third-order valence-corrected chi connectivity index (χ3v) is 3.14. The van der Waals surface area contributed by atoms with Gasteiger partial charge in [-0.05, 0) is 31.2 Å². The molecule has 7 nitrogen and oxygen atoms in total. The van der Waals surface area contributed by atoms with Gasteiger partial charge < -0.3 is 5.32 Å². The molecule has 0 radical (unpaired) electrons. The van der Waals surface area contributed by atoms with E-state index in [-0.39, 0.29) is 11.9 Å². The Hall–Kier alpha value is -3.09. The Balaban J connectivity index is 1.72. The maximum absolute atomic E-state index is 12.1. The number of carbonyl (C=O) groups is 1. The van der Waals surface area contributed by atoms with Crippen molar-refractivity contribution < 1.29 is 4.79 Å². The van der Waals surface area contributed by atoms with E-state index in [2.05, 4.69) is 30.5 Å². The molecule has 2 N–H and O–H groups in total. The van der Waals surface area contributed by atoms with Crippen LogP contribution in [0, 0.1) is 0 Å². The summed E-state index contributed by atoms with van der Waals surface area (Å²) in [6.07, 6.45) is 6.52. The molecule has 3 aromatic heterocycles. The van der Waals surface area contributed by atoms with E-state index < -0.39 is 0 Å². The van der Waals surface area contributed by atoms with Crippen LogP contribution in [0.15, 0.2) is 49.1 Å². The van der Waals surface area contributed by atoms with E-state index in [9.17, 15) is 4.79 Å². The molecular weight excluding hydrogens is 280 g/mol. The highest BCUT2D eigenvalue weighted by molar-refractivity contribution is 5.94. The van der Waals surface area contributed by atoms with Crippen molar-refractivity contribution in [1.82, 2.24) is 30.5 Å². The van der Waals surface area contributed by atoms with E-state index in [4.69, 9.17) is 0 Å². The Morgan fingerprint density at radius 2 is 1.73 bits per heavy atom. The van der Waals surface area contributed by atoms with E-state index in [1.165, 1.54) is 0 Å². The lowest BCUT2D eigenvalue weighted by Crippen LogP contribution is -2.27. The van der Waals surface area contributed by atoms with Gasteiger partial charge in [-0.2, -0.15) is 5.10 Å². The van der Waals surface area contributed by atoms with Crippen molar-refractivity contribution in [1.29, 1.82) is 0 Å². The summed E-state index contributed by atoms with van der Waals surface area (Å²) in [6.45, 7) is 1.84. The molecule has 0 saturated carbocycles. The van der Waals surface area contributed by atoms with Crippen LogP contribution in [0.5, 0.6) is 0 Å². The Labute approximate surface area is 126 Å². The predicted octanol–water partition coefficient (Wildman–Crippen LogP) is 1.75. The summed E-state index contributed by atoms with van der Waals surface area (Å²) in [4.78, 5) is 24.3. The molecule has 0 bridgehead atoms. The van der Waals surface area contributed by atoms with Crippen molar-refractivity contribution in [2.24, 2.45) is 0 Å². The minimum Gasteiger partial charge on any atom is -0.342 e.